The Labute approximate surface area is 115 Å². The van der Waals surface area contributed by atoms with E-state index < -0.39 is 6.10 Å². The maximum atomic E-state index is 12.3. The van der Waals surface area contributed by atoms with Gasteiger partial charge in [0, 0.05) is 12.6 Å². The molecule has 0 spiro atoms. The van der Waals surface area contributed by atoms with Gasteiger partial charge in [0.2, 0.25) is 0 Å². The lowest BCUT2D eigenvalue weighted by atomic mass is 9.80. The number of urea groups is 1. The summed E-state index contributed by atoms with van der Waals surface area (Å²) in [6, 6.07) is 0.229. The summed E-state index contributed by atoms with van der Waals surface area (Å²) < 4.78 is 5.42. The molecule has 1 saturated carbocycles. The first-order valence-corrected chi connectivity index (χ1v) is 7.41. The number of carbonyl (C=O) groups excluding carboxylic acids is 1. The summed E-state index contributed by atoms with van der Waals surface area (Å²) in [6.45, 7) is 5.56. The number of amides is 2. The van der Waals surface area contributed by atoms with Gasteiger partial charge in [-0.05, 0) is 39.0 Å². The molecule has 0 aromatic heterocycles. The van der Waals surface area contributed by atoms with E-state index >= 15 is 0 Å². The van der Waals surface area contributed by atoms with Crippen molar-refractivity contribution in [1.82, 2.24) is 10.2 Å². The highest BCUT2D eigenvalue weighted by Gasteiger charge is 2.31. The first kappa shape index (κ1) is 14.6. The highest BCUT2D eigenvalue weighted by Crippen LogP contribution is 2.29. The highest BCUT2D eigenvalue weighted by atomic mass is 16.5. The predicted molar refractivity (Wildman–Crippen MR) is 72.9 cm³/mol. The summed E-state index contributed by atoms with van der Waals surface area (Å²) >= 11 is 0. The predicted octanol–water partition coefficient (Wildman–Crippen LogP) is 1.36. The van der Waals surface area contributed by atoms with Crippen molar-refractivity contribution in [1.29, 1.82) is 0 Å². The molecule has 3 atom stereocenters. The SMILES string of the molecule is C[C@H](O)C[C@@H]1COCCN1C(=O)N[C@H](C)C1CCC1. The molecular weight excluding hydrogens is 244 g/mol. The summed E-state index contributed by atoms with van der Waals surface area (Å²) in [5, 5.41) is 12.6. The third kappa shape index (κ3) is 3.83. The fraction of sp³-hybridized carbons (Fsp3) is 0.929. The van der Waals surface area contributed by atoms with Crippen LogP contribution in [0.25, 0.3) is 0 Å². The first-order valence-electron chi connectivity index (χ1n) is 7.41. The minimum atomic E-state index is -0.411. The molecule has 0 unspecified atom stereocenters. The van der Waals surface area contributed by atoms with E-state index in [0.29, 0.717) is 32.1 Å². The van der Waals surface area contributed by atoms with Crippen LogP contribution < -0.4 is 5.32 Å². The highest BCUT2D eigenvalue weighted by molar-refractivity contribution is 5.75. The molecule has 1 saturated heterocycles. The monoisotopic (exact) mass is 270 g/mol. The minimum absolute atomic E-state index is 0.00616. The molecule has 5 heteroatoms. The lowest BCUT2D eigenvalue weighted by Crippen LogP contribution is -2.55. The zero-order chi connectivity index (χ0) is 13.8. The third-order valence-electron chi connectivity index (χ3n) is 4.31. The molecule has 0 aromatic rings. The molecule has 110 valence electrons. The Kier molecular flexibility index (Phi) is 5.05. The van der Waals surface area contributed by atoms with Gasteiger partial charge in [-0.1, -0.05) is 6.42 Å². The van der Waals surface area contributed by atoms with E-state index in [2.05, 4.69) is 12.2 Å². The van der Waals surface area contributed by atoms with Gasteiger partial charge in [0.15, 0.2) is 0 Å². The van der Waals surface area contributed by atoms with Crippen molar-refractivity contribution >= 4 is 6.03 Å². The molecule has 2 rings (SSSR count). The van der Waals surface area contributed by atoms with E-state index in [1.165, 1.54) is 19.3 Å². The summed E-state index contributed by atoms with van der Waals surface area (Å²) in [6.07, 6.45) is 3.90. The summed E-state index contributed by atoms with van der Waals surface area (Å²) in [7, 11) is 0. The lowest BCUT2D eigenvalue weighted by molar-refractivity contribution is -0.00534. The van der Waals surface area contributed by atoms with E-state index in [9.17, 15) is 9.90 Å². The average Bonchev–Trinajstić information content (AvgIpc) is 2.26. The van der Waals surface area contributed by atoms with Crippen LogP contribution in [0.4, 0.5) is 4.79 Å². The number of nitrogens with one attached hydrogen (secondary N) is 1. The molecule has 5 nitrogen and oxygen atoms in total. The van der Waals surface area contributed by atoms with Gasteiger partial charge >= 0.3 is 6.03 Å². The van der Waals surface area contributed by atoms with Crippen LogP contribution in [-0.4, -0.2) is 54.0 Å². The zero-order valence-corrected chi connectivity index (χ0v) is 12.0. The maximum absolute atomic E-state index is 12.3. The Hall–Kier alpha value is -0.810. The average molecular weight is 270 g/mol. The standard InChI is InChI=1S/C14H26N2O3/c1-10(17)8-13-9-19-7-6-16(13)14(18)15-11(2)12-4-3-5-12/h10-13,17H,3-9H2,1-2H3,(H,15,18)/t10-,11+,13+/m0/s1. The van der Waals surface area contributed by atoms with Crippen LogP contribution in [0.2, 0.25) is 0 Å². The van der Waals surface area contributed by atoms with Crippen LogP contribution in [0.15, 0.2) is 0 Å². The van der Waals surface area contributed by atoms with Gasteiger partial charge in [0.25, 0.3) is 0 Å². The summed E-state index contributed by atoms with van der Waals surface area (Å²) in [4.78, 5) is 14.1. The van der Waals surface area contributed by atoms with Crippen LogP contribution in [0, 0.1) is 5.92 Å². The molecule has 2 fully saturated rings. The number of aliphatic hydroxyl groups excluding tert-OH is 1. The summed E-state index contributed by atoms with van der Waals surface area (Å²) in [5.74, 6) is 0.639. The molecule has 0 radical (unpaired) electrons. The van der Waals surface area contributed by atoms with E-state index in [1.807, 2.05) is 4.90 Å². The molecule has 0 bridgehead atoms. The topological polar surface area (TPSA) is 61.8 Å². The molecule has 0 aromatic carbocycles. The van der Waals surface area contributed by atoms with Gasteiger partial charge in [-0.2, -0.15) is 0 Å². The smallest absolute Gasteiger partial charge is 0.318 e. The van der Waals surface area contributed by atoms with E-state index in [1.54, 1.807) is 6.92 Å². The number of ether oxygens (including phenoxy) is 1. The van der Waals surface area contributed by atoms with Crippen molar-refractivity contribution in [3.63, 3.8) is 0 Å². The van der Waals surface area contributed by atoms with E-state index in [0.717, 1.165) is 0 Å². The van der Waals surface area contributed by atoms with Crippen LogP contribution >= 0.6 is 0 Å². The molecule has 19 heavy (non-hydrogen) atoms. The second kappa shape index (κ2) is 6.57. The second-order valence-electron chi connectivity index (χ2n) is 5.94. The largest absolute Gasteiger partial charge is 0.393 e. The Balaban J connectivity index is 1.87. The minimum Gasteiger partial charge on any atom is -0.393 e. The molecule has 1 heterocycles. The van der Waals surface area contributed by atoms with E-state index in [-0.39, 0.29) is 18.1 Å². The van der Waals surface area contributed by atoms with Gasteiger partial charge in [-0.25, -0.2) is 4.79 Å². The number of hydrogen-bond acceptors (Lipinski definition) is 3. The van der Waals surface area contributed by atoms with Crippen LogP contribution in [0.1, 0.15) is 39.5 Å². The molecular formula is C14H26N2O3. The number of morpholine rings is 1. The van der Waals surface area contributed by atoms with Crippen molar-refractivity contribution < 1.29 is 14.6 Å². The van der Waals surface area contributed by atoms with Crippen LogP contribution in [-0.2, 0) is 4.74 Å². The van der Waals surface area contributed by atoms with Crippen molar-refractivity contribution in [3.8, 4) is 0 Å². The maximum Gasteiger partial charge on any atom is 0.318 e. The normalized spacial score (nSPS) is 27.5. The lowest BCUT2D eigenvalue weighted by Gasteiger charge is -2.39. The molecule has 2 amide bonds. The Morgan fingerprint density at radius 3 is 2.79 bits per heavy atom. The number of aliphatic hydroxyl groups is 1. The molecule has 1 aliphatic carbocycles. The fourth-order valence-electron chi connectivity index (χ4n) is 2.85. The van der Waals surface area contributed by atoms with Crippen LogP contribution in [0.5, 0.6) is 0 Å². The number of rotatable bonds is 4. The Morgan fingerprint density at radius 1 is 1.47 bits per heavy atom. The third-order valence-corrected chi connectivity index (χ3v) is 4.31. The van der Waals surface area contributed by atoms with Crippen molar-refractivity contribution in [2.24, 2.45) is 5.92 Å². The quantitative estimate of drug-likeness (QED) is 0.811. The Morgan fingerprint density at radius 2 is 2.21 bits per heavy atom. The van der Waals surface area contributed by atoms with Crippen molar-refractivity contribution in [2.75, 3.05) is 19.8 Å². The van der Waals surface area contributed by atoms with Crippen molar-refractivity contribution in [3.05, 3.63) is 0 Å². The number of hydrogen-bond donors (Lipinski definition) is 2. The second-order valence-corrected chi connectivity index (χ2v) is 5.94. The first-order chi connectivity index (χ1) is 9.08. The van der Waals surface area contributed by atoms with Gasteiger partial charge in [0.1, 0.15) is 0 Å². The van der Waals surface area contributed by atoms with Gasteiger partial charge in [-0.15, -0.1) is 0 Å². The Bertz CT molecular complexity index is 305. The van der Waals surface area contributed by atoms with Gasteiger partial charge in [-0.3, -0.25) is 0 Å². The zero-order valence-electron chi connectivity index (χ0n) is 12.0. The molecule has 1 aliphatic heterocycles. The van der Waals surface area contributed by atoms with Gasteiger partial charge < -0.3 is 20.1 Å². The fourth-order valence-corrected chi connectivity index (χ4v) is 2.85. The molecule has 2 N–H and O–H groups in total. The number of nitrogens with zero attached hydrogens (tertiary/aromatic N) is 1. The van der Waals surface area contributed by atoms with E-state index in [4.69, 9.17) is 4.74 Å². The summed E-state index contributed by atoms with van der Waals surface area (Å²) in [5.41, 5.74) is 0. The molecule has 2 aliphatic rings. The van der Waals surface area contributed by atoms with Crippen LogP contribution in [0.3, 0.4) is 0 Å². The number of carbonyl (C=O) groups is 1. The van der Waals surface area contributed by atoms with Gasteiger partial charge in [0.05, 0.1) is 25.4 Å². The van der Waals surface area contributed by atoms with Crippen molar-refractivity contribution in [2.45, 2.75) is 57.7 Å².